The summed E-state index contributed by atoms with van der Waals surface area (Å²) in [4.78, 5) is 0. The average molecular weight is 639 g/mol. The average Bonchev–Trinajstić information content (AvgIpc) is 2.74. The molecule has 0 unspecified atom stereocenters. The van der Waals surface area contributed by atoms with E-state index in [2.05, 4.69) is 4.74 Å². The van der Waals surface area contributed by atoms with E-state index >= 15 is 0 Å². The van der Waals surface area contributed by atoms with Crippen LogP contribution in [-0.4, -0.2) is 42.9 Å². The first-order valence-corrected chi connectivity index (χ1v) is 9.39. The molecule has 1 rings (SSSR count). The van der Waals surface area contributed by atoms with Crippen molar-refractivity contribution in [1.82, 2.24) is 0 Å². The largest absolute Gasteiger partial charge is 0.460 e. The van der Waals surface area contributed by atoms with Crippen molar-refractivity contribution >= 4 is 0 Å². The van der Waals surface area contributed by atoms with E-state index in [-0.39, 0.29) is 0 Å². The Hall–Kier alpha value is -2.29. The van der Waals surface area contributed by atoms with E-state index in [4.69, 9.17) is 0 Å². The van der Waals surface area contributed by atoms with E-state index in [0.29, 0.717) is 6.92 Å². The molecule has 1 aromatic carbocycles. The zero-order valence-corrected chi connectivity index (χ0v) is 18.3. The van der Waals surface area contributed by atoms with E-state index in [9.17, 15) is 92.2 Å². The van der Waals surface area contributed by atoms with Gasteiger partial charge in [0.05, 0.1) is 0 Å². The topological polar surface area (TPSA) is 9.23 Å². The number of hydrogen-bond donors (Lipinski definition) is 0. The number of rotatable bonds is 9. The molecule has 0 bridgehead atoms. The molecule has 1 aromatic rings. The van der Waals surface area contributed by atoms with Crippen LogP contribution in [0.4, 0.5) is 92.2 Å². The van der Waals surface area contributed by atoms with Gasteiger partial charge < -0.3 is 4.74 Å². The second-order valence-electron chi connectivity index (χ2n) is 7.50. The van der Waals surface area contributed by atoms with Crippen molar-refractivity contribution in [2.45, 2.75) is 61.0 Å². The SMILES string of the molecule is CCO[CH]c1c(C(F)(F)C(F)(F)C(F)(F)F)cc(C(F)(F)C(F)(F)C(F)(F)F)cc1C(F)(F)C(F)(F)C(F)(F)F. The lowest BCUT2D eigenvalue weighted by molar-refractivity contribution is -0.362. The molecule has 0 saturated heterocycles. The van der Waals surface area contributed by atoms with Crippen LogP contribution in [0, 0.1) is 6.61 Å². The van der Waals surface area contributed by atoms with Gasteiger partial charge in [-0.3, -0.25) is 0 Å². The summed E-state index contributed by atoms with van der Waals surface area (Å²) < 4.78 is 285. The molecule has 1 nitrogen and oxygen atoms in total. The van der Waals surface area contributed by atoms with Crippen LogP contribution in [0.25, 0.3) is 0 Å². The van der Waals surface area contributed by atoms with Crippen molar-refractivity contribution in [3.63, 3.8) is 0 Å². The molecule has 0 heterocycles. The number of halogens is 21. The number of benzene rings is 1. The third-order valence-corrected chi connectivity index (χ3v) is 4.84. The first-order chi connectivity index (χ1) is 17.3. The fourth-order valence-electron chi connectivity index (χ4n) is 2.70. The predicted octanol–water partition coefficient (Wildman–Crippen LogP) is 9.10. The van der Waals surface area contributed by atoms with Crippen molar-refractivity contribution in [1.29, 1.82) is 0 Å². The maximum atomic E-state index is 14.5. The minimum atomic E-state index is -7.63. The normalized spacial score (nSPS) is 15.6. The Balaban J connectivity index is 4.53. The van der Waals surface area contributed by atoms with Crippen LogP contribution < -0.4 is 0 Å². The van der Waals surface area contributed by atoms with Gasteiger partial charge in [0.15, 0.2) is 0 Å². The van der Waals surface area contributed by atoms with Crippen LogP contribution in [0.3, 0.4) is 0 Å². The molecular weight excluding hydrogens is 631 g/mol. The summed E-state index contributed by atoms with van der Waals surface area (Å²) in [6.45, 7) is -1.27. The Labute approximate surface area is 206 Å². The fourth-order valence-corrected chi connectivity index (χ4v) is 2.70. The summed E-state index contributed by atoms with van der Waals surface area (Å²) in [7, 11) is 0. The highest BCUT2D eigenvalue weighted by molar-refractivity contribution is 5.50. The van der Waals surface area contributed by atoms with Gasteiger partial charge in [-0.2, -0.15) is 92.2 Å². The number of alkyl halides is 21. The highest BCUT2D eigenvalue weighted by Gasteiger charge is 2.78. The van der Waals surface area contributed by atoms with Crippen LogP contribution >= 0.6 is 0 Å². The molecule has 0 saturated carbocycles. The van der Waals surface area contributed by atoms with Crippen molar-refractivity contribution in [3.05, 3.63) is 41.0 Å². The van der Waals surface area contributed by atoms with Gasteiger partial charge in [-0.25, -0.2) is 0 Å². The summed E-state index contributed by atoms with van der Waals surface area (Å²) in [5.41, 5.74) is -14.3. The Bertz CT molecular complexity index is 1000. The van der Waals surface area contributed by atoms with E-state index < -0.39 is 102 Å². The first-order valence-electron chi connectivity index (χ1n) is 9.39. The molecule has 22 heteroatoms. The minimum absolute atomic E-state index is 0.715. The Morgan fingerprint density at radius 3 is 1.02 bits per heavy atom. The zero-order valence-electron chi connectivity index (χ0n) is 18.3. The standard InChI is InChI=1S/C18H8F21O/c1-2-40-5-7-8(11(21,22)14(27,28)17(34,35)36)3-6(10(19,20)13(25,26)16(31,32)33)4-9(7)12(23,24)15(29,30)18(37,38)39/h3-5H,2H2,1H3. The molecule has 0 fully saturated rings. The minimum Gasteiger partial charge on any atom is -0.371 e. The van der Waals surface area contributed by atoms with Crippen molar-refractivity contribution in [3.8, 4) is 0 Å². The fraction of sp³-hybridized carbons (Fsp3) is 0.611. The summed E-state index contributed by atoms with van der Waals surface area (Å²) in [6.07, 6.45) is -22.5. The van der Waals surface area contributed by atoms with Crippen molar-refractivity contribution < 1.29 is 96.9 Å². The molecule has 0 aliphatic heterocycles. The van der Waals surface area contributed by atoms with Crippen LogP contribution in [0.15, 0.2) is 12.1 Å². The van der Waals surface area contributed by atoms with Gasteiger partial charge in [0.1, 0.15) is 6.61 Å². The van der Waals surface area contributed by atoms with Gasteiger partial charge in [0.2, 0.25) is 0 Å². The maximum Gasteiger partial charge on any atom is 0.460 e. The summed E-state index contributed by atoms with van der Waals surface area (Å²) in [5, 5.41) is 0. The summed E-state index contributed by atoms with van der Waals surface area (Å²) >= 11 is 0. The van der Waals surface area contributed by atoms with Crippen LogP contribution in [0.5, 0.6) is 0 Å². The molecule has 0 N–H and O–H groups in total. The zero-order chi connectivity index (χ0) is 32.3. The third-order valence-electron chi connectivity index (χ3n) is 4.84. The highest BCUT2D eigenvalue weighted by atomic mass is 19.4. The van der Waals surface area contributed by atoms with E-state index in [1.807, 2.05) is 0 Å². The molecular formula is C18H8F21O. The lowest BCUT2D eigenvalue weighted by Gasteiger charge is -2.35. The van der Waals surface area contributed by atoms with Gasteiger partial charge in [-0.1, -0.05) is 0 Å². The van der Waals surface area contributed by atoms with Crippen LogP contribution in [-0.2, 0) is 22.5 Å². The highest BCUT2D eigenvalue weighted by Crippen LogP contribution is 2.59. The smallest absolute Gasteiger partial charge is 0.371 e. The van der Waals surface area contributed by atoms with Gasteiger partial charge in [-0.05, 0) is 19.1 Å². The predicted molar refractivity (Wildman–Crippen MR) is 86.2 cm³/mol. The molecule has 0 atom stereocenters. The number of ether oxygens (including phenoxy) is 1. The van der Waals surface area contributed by atoms with Crippen LogP contribution in [0.2, 0.25) is 0 Å². The third kappa shape index (κ3) is 5.35. The lowest BCUT2D eigenvalue weighted by atomic mass is 9.84. The molecule has 0 aromatic heterocycles. The van der Waals surface area contributed by atoms with Crippen molar-refractivity contribution in [2.24, 2.45) is 0 Å². The van der Waals surface area contributed by atoms with E-state index in [1.165, 1.54) is 0 Å². The van der Waals surface area contributed by atoms with E-state index in [1.54, 1.807) is 0 Å². The van der Waals surface area contributed by atoms with Gasteiger partial charge in [0.25, 0.3) is 0 Å². The Morgan fingerprint density at radius 2 is 0.775 bits per heavy atom. The monoisotopic (exact) mass is 639 g/mol. The van der Waals surface area contributed by atoms with Crippen LogP contribution in [0.1, 0.15) is 29.2 Å². The number of hydrogen-bond acceptors (Lipinski definition) is 1. The van der Waals surface area contributed by atoms with E-state index in [0.717, 1.165) is 0 Å². The summed E-state index contributed by atoms with van der Waals surface area (Å²) in [5.74, 6) is -44.7. The quantitative estimate of drug-likeness (QED) is 0.245. The van der Waals surface area contributed by atoms with Gasteiger partial charge in [-0.15, -0.1) is 0 Å². The summed E-state index contributed by atoms with van der Waals surface area (Å²) in [6, 6.07) is -3.51. The second-order valence-corrected chi connectivity index (χ2v) is 7.50. The molecule has 40 heavy (non-hydrogen) atoms. The molecule has 0 aliphatic carbocycles. The molecule has 0 amide bonds. The maximum absolute atomic E-state index is 14.5. The Kier molecular flexibility index (Phi) is 8.86. The molecule has 233 valence electrons. The molecule has 1 radical (unpaired) electrons. The van der Waals surface area contributed by atoms with Crippen molar-refractivity contribution in [2.75, 3.05) is 6.61 Å². The van der Waals surface area contributed by atoms with Gasteiger partial charge in [0, 0.05) is 28.9 Å². The molecule has 0 aliphatic rings. The lowest BCUT2D eigenvalue weighted by Crippen LogP contribution is -2.53. The Morgan fingerprint density at radius 1 is 0.500 bits per heavy atom. The second kappa shape index (κ2) is 9.92. The first kappa shape index (κ1) is 35.7. The molecule has 0 spiro atoms. The van der Waals surface area contributed by atoms with Gasteiger partial charge >= 0.3 is 54.1 Å².